The first kappa shape index (κ1) is 26.6. The number of hydrogen-bond acceptors (Lipinski definition) is 7. The fourth-order valence-electron chi connectivity index (χ4n) is 7.74. The Morgan fingerprint density at radius 2 is 1.88 bits per heavy atom. The molecule has 176 valence electrons. The molecule has 7 nitrogen and oxygen atoms in total. The van der Waals surface area contributed by atoms with Crippen molar-refractivity contribution in [2.75, 3.05) is 6.61 Å². The molecule has 0 radical (unpaired) electrons. The van der Waals surface area contributed by atoms with E-state index in [0.29, 0.717) is 31.1 Å². The van der Waals surface area contributed by atoms with Crippen molar-refractivity contribution in [2.45, 2.75) is 77.7 Å². The Morgan fingerprint density at radius 3 is 2.58 bits per heavy atom. The van der Waals surface area contributed by atoms with Crippen LogP contribution < -0.4 is 34.7 Å². The van der Waals surface area contributed by atoms with Crippen LogP contribution in [0.4, 0.5) is 0 Å². The van der Waals surface area contributed by atoms with Crippen molar-refractivity contribution in [1.29, 1.82) is 0 Å². The summed E-state index contributed by atoms with van der Waals surface area (Å²) in [7, 11) is 0. The van der Waals surface area contributed by atoms with Crippen LogP contribution in [0.3, 0.4) is 0 Å². The second-order valence-corrected chi connectivity index (χ2v) is 10.8. The number of carboxylic acids is 1. The van der Waals surface area contributed by atoms with Gasteiger partial charge in [0.15, 0.2) is 11.6 Å². The molecule has 0 aromatic rings. The molecule has 3 saturated carbocycles. The van der Waals surface area contributed by atoms with Gasteiger partial charge in [-0.1, -0.05) is 19.4 Å². The molecule has 4 aliphatic carbocycles. The van der Waals surface area contributed by atoms with E-state index in [0.717, 1.165) is 25.7 Å². The van der Waals surface area contributed by atoms with E-state index in [9.17, 15) is 29.4 Å². The van der Waals surface area contributed by atoms with Crippen LogP contribution in [0.5, 0.6) is 0 Å². The average Bonchev–Trinajstić information content (AvgIpc) is 3.07. The summed E-state index contributed by atoms with van der Waals surface area (Å²) in [6.07, 6.45) is 5.81. The van der Waals surface area contributed by atoms with Gasteiger partial charge in [-0.05, 0) is 79.6 Å². The van der Waals surface area contributed by atoms with Gasteiger partial charge >= 0.3 is 35.5 Å². The Bertz CT molecular complexity index is 867. The molecule has 4 aliphatic rings. The molecule has 0 amide bonds. The summed E-state index contributed by atoms with van der Waals surface area (Å²) in [6, 6.07) is 0. The Kier molecular flexibility index (Phi) is 7.99. The first-order chi connectivity index (χ1) is 15.1. The van der Waals surface area contributed by atoms with Gasteiger partial charge in [-0.15, -0.1) is 0 Å². The van der Waals surface area contributed by atoms with Gasteiger partial charge in [0.05, 0.1) is 12.5 Å². The van der Waals surface area contributed by atoms with E-state index < -0.39 is 24.5 Å². The van der Waals surface area contributed by atoms with Crippen LogP contribution >= 0.6 is 0 Å². The zero-order valence-corrected chi connectivity index (χ0v) is 21.9. The van der Waals surface area contributed by atoms with Crippen LogP contribution in [0.1, 0.15) is 71.6 Å². The van der Waals surface area contributed by atoms with Crippen LogP contribution in [0.25, 0.3) is 0 Å². The third kappa shape index (κ3) is 4.75. The van der Waals surface area contributed by atoms with E-state index in [1.165, 1.54) is 5.57 Å². The summed E-state index contributed by atoms with van der Waals surface area (Å²) >= 11 is 0. The molecular weight excluding hydrogens is 435 g/mol. The maximum Gasteiger partial charge on any atom is 1.00 e. The Balaban J connectivity index is 0.00000306. The van der Waals surface area contributed by atoms with Gasteiger partial charge in [0.25, 0.3) is 0 Å². The molecule has 7 atom stereocenters. The number of ether oxygens (including phenoxy) is 1. The molecule has 0 aliphatic heterocycles. The fourth-order valence-corrected chi connectivity index (χ4v) is 7.74. The van der Waals surface area contributed by atoms with Crippen LogP contribution in [0.2, 0.25) is 0 Å². The first-order valence-corrected chi connectivity index (χ1v) is 11.9. The van der Waals surface area contributed by atoms with Crippen LogP contribution in [0, 0.1) is 34.5 Å². The first-order valence-electron chi connectivity index (χ1n) is 11.9. The summed E-state index contributed by atoms with van der Waals surface area (Å²) in [5.41, 5.74) is 0.678. The number of carboxylic acid groups (broad SMARTS) is 1. The number of aliphatic carboxylic acids is 1. The second-order valence-electron chi connectivity index (χ2n) is 10.8. The fraction of sp³-hybridized carbons (Fsp3) is 0.760. The predicted octanol–water partition coefficient (Wildman–Crippen LogP) is -1.25. The number of fused-ring (bicyclic) bond motifs is 5. The minimum absolute atomic E-state index is 0. The number of aliphatic hydroxyl groups excluding tert-OH is 1. The van der Waals surface area contributed by atoms with E-state index >= 15 is 0 Å². The minimum Gasteiger partial charge on any atom is -0.550 e. The van der Waals surface area contributed by atoms with Gasteiger partial charge in [-0.3, -0.25) is 14.4 Å². The number of hydrogen-bond donors (Lipinski definition) is 1. The maximum atomic E-state index is 13.0. The molecule has 0 bridgehead atoms. The molecule has 0 spiro atoms. The van der Waals surface area contributed by atoms with Crippen LogP contribution in [0.15, 0.2) is 11.6 Å². The Labute approximate surface area is 217 Å². The van der Waals surface area contributed by atoms with Crippen LogP contribution in [-0.2, 0) is 23.9 Å². The number of allylic oxidation sites excluding steroid dienone is 1. The summed E-state index contributed by atoms with van der Waals surface area (Å²) in [6.45, 7) is 3.95. The zero-order valence-electron chi connectivity index (χ0n) is 19.9. The van der Waals surface area contributed by atoms with Crippen molar-refractivity contribution < 1.29 is 63.7 Å². The maximum absolute atomic E-state index is 13.0. The van der Waals surface area contributed by atoms with E-state index in [4.69, 9.17) is 4.74 Å². The Hall–Kier alpha value is -1.02. The predicted molar refractivity (Wildman–Crippen MR) is 112 cm³/mol. The molecule has 3 fully saturated rings. The van der Waals surface area contributed by atoms with Gasteiger partial charge in [-0.2, -0.15) is 0 Å². The third-order valence-electron chi connectivity index (χ3n) is 9.19. The summed E-state index contributed by atoms with van der Waals surface area (Å²) in [4.78, 5) is 47.2. The molecule has 0 heterocycles. The zero-order chi connectivity index (χ0) is 23.3. The number of esters is 1. The number of carbonyl (C=O) groups excluding carboxylic acids is 4. The van der Waals surface area contributed by atoms with Gasteiger partial charge in [0.2, 0.25) is 0 Å². The van der Waals surface area contributed by atoms with Gasteiger partial charge in [0, 0.05) is 18.3 Å². The number of carbonyl (C=O) groups is 4. The van der Waals surface area contributed by atoms with E-state index in [1.54, 1.807) is 0 Å². The molecule has 8 heteroatoms. The van der Waals surface area contributed by atoms with Gasteiger partial charge < -0.3 is 19.7 Å². The molecule has 1 N–H and O–H groups in total. The third-order valence-corrected chi connectivity index (χ3v) is 9.19. The topological polar surface area (TPSA) is 121 Å². The quantitative estimate of drug-likeness (QED) is 0.382. The molecule has 4 rings (SSSR count). The van der Waals surface area contributed by atoms with Crippen molar-refractivity contribution in [1.82, 2.24) is 0 Å². The molecule has 0 aromatic carbocycles. The smallest absolute Gasteiger partial charge is 0.550 e. The molecule has 0 aromatic heterocycles. The largest absolute Gasteiger partial charge is 1.00 e. The van der Waals surface area contributed by atoms with Gasteiger partial charge in [-0.25, -0.2) is 0 Å². The van der Waals surface area contributed by atoms with E-state index in [1.807, 2.05) is 6.08 Å². The molecule has 4 unspecified atom stereocenters. The standard InChI is InChI=1S/C25H34O7.Na/c1-24-10-9-15(26)11-14(24)3-4-16-17-5-6-18(25(17,2)12-19(27)23(16)24)20(28)13-32-22(31)8-7-21(29)30;/h11,16-19,23,27H,3-10,12-13H2,1-2H3,(H,29,30);/q;+1/p-1/t16?,17?,18-,19?,23?,24+,25+;/m1./s1. The summed E-state index contributed by atoms with van der Waals surface area (Å²) < 4.78 is 5.04. The van der Waals surface area contributed by atoms with Crippen molar-refractivity contribution in [3.05, 3.63) is 11.6 Å². The monoisotopic (exact) mass is 468 g/mol. The number of rotatable bonds is 6. The van der Waals surface area contributed by atoms with Crippen molar-refractivity contribution in [3.63, 3.8) is 0 Å². The number of ketones is 2. The molecular formula is C25H33NaO7. The van der Waals surface area contributed by atoms with E-state index in [2.05, 4.69) is 13.8 Å². The second kappa shape index (κ2) is 9.92. The number of aliphatic hydroxyl groups is 1. The molecule has 0 saturated heterocycles. The van der Waals surface area contributed by atoms with Crippen molar-refractivity contribution >= 4 is 23.5 Å². The van der Waals surface area contributed by atoms with Gasteiger partial charge in [0.1, 0.15) is 6.61 Å². The summed E-state index contributed by atoms with van der Waals surface area (Å²) in [5.74, 6) is -1.55. The average molecular weight is 469 g/mol. The Morgan fingerprint density at radius 1 is 1.15 bits per heavy atom. The van der Waals surface area contributed by atoms with E-state index in [-0.39, 0.29) is 76.8 Å². The number of Topliss-reactive ketones (excluding diaryl/α,β-unsaturated/α-hetero) is 1. The molecule has 33 heavy (non-hydrogen) atoms. The van der Waals surface area contributed by atoms with Crippen molar-refractivity contribution in [2.24, 2.45) is 34.5 Å². The van der Waals surface area contributed by atoms with Crippen LogP contribution in [-0.4, -0.2) is 41.3 Å². The summed E-state index contributed by atoms with van der Waals surface area (Å²) in [5, 5.41) is 21.8. The SMILES string of the molecule is C[C@]12CCC(=O)C=C1CCC1C2C(O)C[C@@]2(C)C1CC[C@@H]2C(=O)COC(=O)CCC(=O)[O-].[Na+]. The normalized spacial score (nSPS) is 39.3. The minimum atomic E-state index is -1.33. The van der Waals surface area contributed by atoms with Crippen molar-refractivity contribution in [3.8, 4) is 0 Å².